The van der Waals surface area contributed by atoms with E-state index in [2.05, 4.69) is 38.8 Å². The second-order valence-corrected chi connectivity index (χ2v) is 4.84. The van der Waals surface area contributed by atoms with Gasteiger partial charge in [0.25, 0.3) is 0 Å². The van der Waals surface area contributed by atoms with Gasteiger partial charge in [-0.05, 0) is 28.4 Å². The first-order chi connectivity index (χ1) is 6.60. The van der Waals surface area contributed by atoms with E-state index in [1.807, 2.05) is 0 Å². The molecular formula is C10H11Br2FO. The Balaban J connectivity index is 3.19. The van der Waals surface area contributed by atoms with Crippen LogP contribution in [-0.2, 0) is 0 Å². The summed E-state index contributed by atoms with van der Waals surface area (Å²) in [5.41, 5.74) is 0.961. The Kier molecular flexibility index (Phi) is 4.38. The molecule has 0 fully saturated rings. The molecule has 0 amide bonds. The Morgan fingerprint density at radius 1 is 1.50 bits per heavy atom. The molecule has 0 aliphatic heterocycles. The maximum absolute atomic E-state index is 13.2. The number of ether oxygens (including phenoxy) is 1. The monoisotopic (exact) mass is 324 g/mol. The summed E-state index contributed by atoms with van der Waals surface area (Å²) in [7, 11) is 1.54. The zero-order valence-electron chi connectivity index (χ0n) is 7.98. The smallest absolute Gasteiger partial charge is 0.141 e. The molecule has 1 unspecified atom stereocenters. The highest BCUT2D eigenvalue weighted by molar-refractivity contribution is 9.10. The first kappa shape index (κ1) is 12.0. The average Bonchev–Trinajstić information content (AvgIpc) is 2.20. The summed E-state index contributed by atoms with van der Waals surface area (Å²) < 4.78 is 18.7. The SMILES string of the molecule is CCC(Br)c1cc(Br)c(F)cc1OC. The molecule has 0 heterocycles. The van der Waals surface area contributed by atoms with Crippen molar-refractivity contribution >= 4 is 31.9 Å². The van der Waals surface area contributed by atoms with Gasteiger partial charge in [0.1, 0.15) is 11.6 Å². The van der Waals surface area contributed by atoms with E-state index < -0.39 is 0 Å². The molecule has 0 radical (unpaired) electrons. The van der Waals surface area contributed by atoms with Gasteiger partial charge in [-0.1, -0.05) is 22.9 Å². The van der Waals surface area contributed by atoms with Crippen LogP contribution in [0, 0.1) is 5.82 Å². The van der Waals surface area contributed by atoms with Crippen LogP contribution in [-0.4, -0.2) is 7.11 Å². The van der Waals surface area contributed by atoms with Crippen LogP contribution in [0.4, 0.5) is 4.39 Å². The maximum atomic E-state index is 13.2. The zero-order valence-corrected chi connectivity index (χ0v) is 11.2. The molecule has 14 heavy (non-hydrogen) atoms. The van der Waals surface area contributed by atoms with Crippen molar-refractivity contribution in [2.24, 2.45) is 0 Å². The standard InChI is InChI=1S/C10H11Br2FO/c1-3-7(11)6-4-8(12)9(13)5-10(6)14-2/h4-5,7H,3H2,1-2H3. The van der Waals surface area contributed by atoms with Crippen molar-refractivity contribution in [2.45, 2.75) is 18.2 Å². The second kappa shape index (κ2) is 5.12. The van der Waals surface area contributed by atoms with Gasteiger partial charge in [-0.25, -0.2) is 4.39 Å². The third kappa shape index (κ3) is 2.48. The van der Waals surface area contributed by atoms with E-state index in [1.54, 1.807) is 13.2 Å². The fourth-order valence-electron chi connectivity index (χ4n) is 1.19. The molecule has 4 heteroatoms. The number of methoxy groups -OCH3 is 1. The third-order valence-electron chi connectivity index (χ3n) is 1.97. The fourth-order valence-corrected chi connectivity index (χ4v) is 1.90. The molecule has 0 aromatic heterocycles. The van der Waals surface area contributed by atoms with Crippen LogP contribution in [0.3, 0.4) is 0 Å². The topological polar surface area (TPSA) is 9.23 Å². The minimum absolute atomic E-state index is 0.189. The molecule has 0 aliphatic rings. The number of alkyl halides is 1. The molecule has 0 saturated carbocycles. The highest BCUT2D eigenvalue weighted by atomic mass is 79.9. The molecule has 0 bridgehead atoms. The lowest BCUT2D eigenvalue weighted by Crippen LogP contribution is -1.96. The van der Waals surface area contributed by atoms with Gasteiger partial charge in [0.15, 0.2) is 0 Å². The Labute approximate surface area is 99.9 Å². The highest BCUT2D eigenvalue weighted by Gasteiger charge is 2.14. The molecule has 1 aromatic carbocycles. The van der Waals surface area contributed by atoms with E-state index in [0.29, 0.717) is 10.2 Å². The van der Waals surface area contributed by atoms with Gasteiger partial charge in [-0.15, -0.1) is 0 Å². The zero-order chi connectivity index (χ0) is 10.7. The third-order valence-corrected chi connectivity index (χ3v) is 3.72. The number of hydrogen-bond acceptors (Lipinski definition) is 1. The summed E-state index contributed by atoms with van der Waals surface area (Å²) in [5, 5.41) is 0. The van der Waals surface area contributed by atoms with Gasteiger partial charge in [-0.3, -0.25) is 0 Å². The van der Waals surface area contributed by atoms with Crippen molar-refractivity contribution < 1.29 is 9.13 Å². The Morgan fingerprint density at radius 2 is 2.14 bits per heavy atom. The van der Waals surface area contributed by atoms with Crippen molar-refractivity contribution in [1.82, 2.24) is 0 Å². The summed E-state index contributed by atoms with van der Waals surface area (Å²) >= 11 is 6.67. The molecular weight excluding hydrogens is 315 g/mol. The molecule has 78 valence electrons. The lowest BCUT2D eigenvalue weighted by Gasteiger charge is -2.13. The van der Waals surface area contributed by atoms with Crippen molar-refractivity contribution in [1.29, 1.82) is 0 Å². The van der Waals surface area contributed by atoms with Gasteiger partial charge < -0.3 is 4.74 Å². The molecule has 0 spiro atoms. The lowest BCUT2D eigenvalue weighted by molar-refractivity contribution is 0.405. The Bertz CT molecular complexity index is 328. The van der Waals surface area contributed by atoms with Crippen molar-refractivity contribution in [3.05, 3.63) is 28.0 Å². The van der Waals surface area contributed by atoms with Crippen LogP contribution in [0.1, 0.15) is 23.7 Å². The molecule has 1 aromatic rings. The van der Waals surface area contributed by atoms with Crippen molar-refractivity contribution in [3.8, 4) is 5.75 Å². The number of halogens is 3. The van der Waals surface area contributed by atoms with Gasteiger partial charge in [0.2, 0.25) is 0 Å². The fraction of sp³-hybridized carbons (Fsp3) is 0.400. The van der Waals surface area contributed by atoms with Crippen LogP contribution in [0.2, 0.25) is 0 Å². The molecule has 1 rings (SSSR count). The van der Waals surface area contributed by atoms with Crippen LogP contribution >= 0.6 is 31.9 Å². The largest absolute Gasteiger partial charge is 0.496 e. The van der Waals surface area contributed by atoms with E-state index in [4.69, 9.17) is 4.74 Å². The highest BCUT2D eigenvalue weighted by Crippen LogP contribution is 2.36. The van der Waals surface area contributed by atoms with Crippen molar-refractivity contribution in [2.75, 3.05) is 7.11 Å². The van der Waals surface area contributed by atoms with Crippen LogP contribution in [0.15, 0.2) is 16.6 Å². The van der Waals surface area contributed by atoms with Gasteiger partial charge in [0, 0.05) is 16.5 Å². The first-order valence-corrected chi connectivity index (χ1v) is 5.98. The van der Waals surface area contributed by atoms with Gasteiger partial charge in [-0.2, -0.15) is 0 Å². The molecule has 1 atom stereocenters. The first-order valence-electron chi connectivity index (χ1n) is 4.27. The van der Waals surface area contributed by atoms with Gasteiger partial charge >= 0.3 is 0 Å². The second-order valence-electron chi connectivity index (χ2n) is 2.88. The molecule has 0 N–H and O–H groups in total. The van der Waals surface area contributed by atoms with E-state index in [0.717, 1.165) is 12.0 Å². The minimum Gasteiger partial charge on any atom is -0.496 e. The Morgan fingerprint density at radius 3 is 2.64 bits per heavy atom. The van der Waals surface area contributed by atoms with Gasteiger partial charge in [0.05, 0.1) is 11.6 Å². The number of benzene rings is 1. The summed E-state index contributed by atoms with van der Waals surface area (Å²) in [4.78, 5) is 0.189. The molecule has 0 saturated heterocycles. The van der Waals surface area contributed by atoms with Crippen LogP contribution in [0.25, 0.3) is 0 Å². The van der Waals surface area contributed by atoms with E-state index in [1.165, 1.54) is 6.07 Å². The molecule has 0 aliphatic carbocycles. The summed E-state index contributed by atoms with van der Waals surface area (Å²) in [5.74, 6) is 0.274. The summed E-state index contributed by atoms with van der Waals surface area (Å²) in [6.07, 6.45) is 0.925. The van der Waals surface area contributed by atoms with E-state index >= 15 is 0 Å². The normalized spacial score (nSPS) is 12.6. The van der Waals surface area contributed by atoms with Crippen LogP contribution < -0.4 is 4.74 Å². The predicted octanol–water partition coefficient (Wildman–Crippen LogP) is 4.44. The van der Waals surface area contributed by atoms with E-state index in [-0.39, 0.29) is 10.6 Å². The Hall–Kier alpha value is -0.0900. The van der Waals surface area contributed by atoms with E-state index in [9.17, 15) is 4.39 Å². The summed E-state index contributed by atoms with van der Waals surface area (Å²) in [6, 6.07) is 3.14. The van der Waals surface area contributed by atoms with Crippen LogP contribution in [0.5, 0.6) is 5.75 Å². The summed E-state index contributed by atoms with van der Waals surface area (Å²) in [6.45, 7) is 2.05. The lowest BCUT2D eigenvalue weighted by atomic mass is 10.1. The molecule has 1 nitrogen and oxygen atoms in total. The number of rotatable bonds is 3. The minimum atomic E-state index is -0.304. The number of hydrogen-bond donors (Lipinski definition) is 0. The maximum Gasteiger partial charge on any atom is 0.141 e. The quantitative estimate of drug-likeness (QED) is 0.746. The predicted molar refractivity (Wildman–Crippen MR) is 62.6 cm³/mol. The van der Waals surface area contributed by atoms with Crippen molar-refractivity contribution in [3.63, 3.8) is 0 Å². The average molecular weight is 326 g/mol.